The van der Waals surface area contributed by atoms with Crippen LogP contribution in [0, 0.1) is 5.82 Å². The van der Waals surface area contributed by atoms with Gasteiger partial charge in [0.15, 0.2) is 0 Å². The summed E-state index contributed by atoms with van der Waals surface area (Å²) in [6, 6.07) is 19.4. The molecular formula is C29H32FN5O3. The summed E-state index contributed by atoms with van der Waals surface area (Å²) < 4.78 is 20.6. The third-order valence-corrected chi connectivity index (χ3v) is 6.61. The van der Waals surface area contributed by atoms with Crippen molar-refractivity contribution < 1.29 is 18.7 Å². The minimum absolute atomic E-state index is 0.0770. The molecule has 1 heterocycles. The van der Waals surface area contributed by atoms with Gasteiger partial charge in [0.2, 0.25) is 11.8 Å². The van der Waals surface area contributed by atoms with Crippen LogP contribution in [0.5, 0.6) is 5.75 Å². The lowest BCUT2D eigenvalue weighted by Crippen LogP contribution is -2.50. The molecule has 0 aliphatic carbocycles. The number of hydrogen-bond donors (Lipinski definition) is 1. The van der Waals surface area contributed by atoms with E-state index in [1.54, 1.807) is 43.5 Å². The first-order valence-corrected chi connectivity index (χ1v) is 12.5. The molecule has 0 fully saturated rings. The third-order valence-electron chi connectivity index (χ3n) is 6.61. The van der Waals surface area contributed by atoms with Crippen LogP contribution in [0.4, 0.5) is 4.39 Å². The average Bonchev–Trinajstić information content (AvgIpc) is 3.32. The zero-order chi connectivity index (χ0) is 27.3. The zero-order valence-corrected chi connectivity index (χ0v) is 22.0. The van der Waals surface area contributed by atoms with Crippen LogP contribution >= 0.6 is 0 Å². The van der Waals surface area contributed by atoms with Crippen molar-refractivity contribution in [3.05, 3.63) is 89.7 Å². The summed E-state index contributed by atoms with van der Waals surface area (Å²) in [6.45, 7) is 5.79. The van der Waals surface area contributed by atoms with E-state index in [-0.39, 0.29) is 30.7 Å². The maximum atomic E-state index is 14.0. The molecule has 4 aromatic rings. The Kier molecular flexibility index (Phi) is 8.05. The van der Waals surface area contributed by atoms with E-state index < -0.39 is 11.6 Å². The molecule has 38 heavy (non-hydrogen) atoms. The molecule has 1 aromatic heterocycles. The number of methoxy groups -OCH3 is 1. The summed E-state index contributed by atoms with van der Waals surface area (Å²) in [6.07, 6.45) is 0.695. The summed E-state index contributed by atoms with van der Waals surface area (Å²) in [7, 11) is 1.55. The number of aromatic nitrogens is 3. The first-order valence-electron chi connectivity index (χ1n) is 12.5. The lowest BCUT2D eigenvalue weighted by molar-refractivity contribution is -0.143. The fourth-order valence-corrected chi connectivity index (χ4v) is 4.14. The van der Waals surface area contributed by atoms with Crippen molar-refractivity contribution >= 4 is 22.8 Å². The van der Waals surface area contributed by atoms with Gasteiger partial charge in [0, 0.05) is 12.1 Å². The SMILES string of the molecule is CCC(C)(C)NC(=O)C(c1cccc(OC)c1)N(Cc1ccc(F)cc1)C(=O)Cn1nnc2ccccc21. The van der Waals surface area contributed by atoms with Gasteiger partial charge in [-0.3, -0.25) is 9.59 Å². The van der Waals surface area contributed by atoms with Crippen molar-refractivity contribution in [2.24, 2.45) is 0 Å². The number of carbonyl (C=O) groups excluding carboxylic acids is 2. The number of nitrogens with zero attached hydrogens (tertiary/aromatic N) is 4. The minimum atomic E-state index is -0.983. The van der Waals surface area contributed by atoms with Crippen molar-refractivity contribution in [1.82, 2.24) is 25.2 Å². The Bertz CT molecular complexity index is 1420. The molecule has 0 radical (unpaired) electrons. The monoisotopic (exact) mass is 517 g/mol. The van der Waals surface area contributed by atoms with Crippen LogP contribution in [0.3, 0.4) is 0 Å². The van der Waals surface area contributed by atoms with Gasteiger partial charge >= 0.3 is 0 Å². The van der Waals surface area contributed by atoms with Gasteiger partial charge in [0.25, 0.3) is 0 Å². The predicted octanol–water partition coefficient (Wildman–Crippen LogP) is 4.65. The van der Waals surface area contributed by atoms with E-state index in [2.05, 4.69) is 15.6 Å². The minimum Gasteiger partial charge on any atom is -0.497 e. The number of hydrogen-bond acceptors (Lipinski definition) is 5. The van der Waals surface area contributed by atoms with Crippen molar-refractivity contribution in [3.8, 4) is 5.75 Å². The highest BCUT2D eigenvalue weighted by Crippen LogP contribution is 2.28. The molecule has 8 nitrogen and oxygen atoms in total. The van der Waals surface area contributed by atoms with E-state index in [1.807, 2.05) is 45.0 Å². The number of para-hydroxylation sites is 1. The third kappa shape index (κ3) is 6.16. The second-order valence-corrected chi connectivity index (χ2v) is 9.79. The molecule has 0 bridgehead atoms. The van der Waals surface area contributed by atoms with Gasteiger partial charge < -0.3 is 15.0 Å². The normalized spacial score (nSPS) is 12.2. The molecule has 3 aromatic carbocycles. The van der Waals surface area contributed by atoms with Gasteiger partial charge in [0.1, 0.15) is 29.7 Å². The van der Waals surface area contributed by atoms with Gasteiger partial charge in [0.05, 0.1) is 12.6 Å². The quantitative estimate of drug-likeness (QED) is 0.331. The molecule has 4 rings (SSSR count). The van der Waals surface area contributed by atoms with Crippen LogP contribution < -0.4 is 10.1 Å². The molecule has 1 N–H and O–H groups in total. The average molecular weight is 518 g/mol. The number of ether oxygens (including phenoxy) is 1. The standard InChI is InChI=1S/C29H32FN5O3/c1-5-29(2,3)31-28(37)27(21-9-8-10-23(17-21)38-4)34(18-20-13-15-22(30)16-14-20)26(36)19-35-25-12-7-6-11-24(25)32-33-35/h6-17,27H,5,18-19H2,1-4H3,(H,31,37). The van der Waals surface area contributed by atoms with Crippen LogP contribution in [-0.2, 0) is 22.7 Å². The van der Waals surface area contributed by atoms with Gasteiger partial charge in [-0.2, -0.15) is 0 Å². The Labute approximate surface area is 221 Å². The number of fused-ring (bicyclic) bond motifs is 1. The molecule has 1 atom stereocenters. The first-order chi connectivity index (χ1) is 18.2. The number of halogens is 1. The smallest absolute Gasteiger partial charge is 0.247 e. The second-order valence-electron chi connectivity index (χ2n) is 9.79. The molecule has 0 saturated carbocycles. The van der Waals surface area contributed by atoms with Crippen molar-refractivity contribution in [3.63, 3.8) is 0 Å². The highest BCUT2D eigenvalue weighted by atomic mass is 19.1. The van der Waals surface area contributed by atoms with Crippen molar-refractivity contribution in [1.29, 1.82) is 0 Å². The number of rotatable bonds is 10. The number of nitrogens with one attached hydrogen (secondary N) is 1. The van der Waals surface area contributed by atoms with E-state index >= 15 is 0 Å². The van der Waals surface area contributed by atoms with E-state index in [0.717, 1.165) is 0 Å². The van der Waals surface area contributed by atoms with Gasteiger partial charge in [-0.15, -0.1) is 5.10 Å². The van der Waals surface area contributed by atoms with Crippen LogP contribution in [0.15, 0.2) is 72.8 Å². The number of carbonyl (C=O) groups is 2. The first kappa shape index (κ1) is 26.8. The van der Waals surface area contributed by atoms with E-state index in [4.69, 9.17) is 4.74 Å². The summed E-state index contributed by atoms with van der Waals surface area (Å²) in [5, 5.41) is 11.4. The summed E-state index contributed by atoms with van der Waals surface area (Å²) in [5.74, 6) is -0.495. The Morgan fingerprint density at radius 2 is 1.82 bits per heavy atom. The lowest BCUT2D eigenvalue weighted by Gasteiger charge is -2.34. The van der Waals surface area contributed by atoms with Crippen LogP contribution in [0.25, 0.3) is 11.0 Å². The van der Waals surface area contributed by atoms with E-state index in [0.29, 0.717) is 34.3 Å². The zero-order valence-electron chi connectivity index (χ0n) is 22.0. The second kappa shape index (κ2) is 11.4. The van der Waals surface area contributed by atoms with Crippen LogP contribution in [0.2, 0.25) is 0 Å². The lowest BCUT2D eigenvalue weighted by atomic mass is 9.98. The predicted molar refractivity (Wildman–Crippen MR) is 143 cm³/mol. The Balaban J connectivity index is 1.78. The molecule has 0 aliphatic rings. The van der Waals surface area contributed by atoms with Crippen LogP contribution in [-0.4, -0.2) is 44.4 Å². The molecule has 2 amide bonds. The number of amides is 2. The topological polar surface area (TPSA) is 89.4 Å². The fourth-order valence-electron chi connectivity index (χ4n) is 4.14. The van der Waals surface area contributed by atoms with E-state index in [1.165, 1.54) is 21.7 Å². The molecule has 0 aliphatic heterocycles. The largest absolute Gasteiger partial charge is 0.497 e. The molecule has 9 heteroatoms. The molecule has 1 unspecified atom stereocenters. The maximum Gasteiger partial charge on any atom is 0.247 e. The Morgan fingerprint density at radius 3 is 2.53 bits per heavy atom. The fraction of sp³-hybridized carbons (Fsp3) is 0.310. The molecular weight excluding hydrogens is 485 g/mol. The van der Waals surface area contributed by atoms with Gasteiger partial charge in [-0.05, 0) is 67.8 Å². The molecule has 0 saturated heterocycles. The van der Waals surface area contributed by atoms with E-state index in [9.17, 15) is 14.0 Å². The van der Waals surface area contributed by atoms with Gasteiger partial charge in [-0.25, -0.2) is 9.07 Å². The van der Waals surface area contributed by atoms with Crippen LogP contribution in [0.1, 0.15) is 44.4 Å². The highest BCUT2D eigenvalue weighted by molar-refractivity contribution is 5.89. The Hall–Kier alpha value is -4.27. The van der Waals surface area contributed by atoms with Crippen molar-refractivity contribution in [2.75, 3.05) is 7.11 Å². The van der Waals surface area contributed by atoms with Gasteiger partial charge in [-0.1, -0.05) is 48.5 Å². The highest BCUT2D eigenvalue weighted by Gasteiger charge is 2.34. The molecule has 0 spiro atoms. The van der Waals surface area contributed by atoms with Crippen molar-refractivity contribution in [2.45, 2.75) is 51.9 Å². The summed E-state index contributed by atoms with van der Waals surface area (Å²) >= 11 is 0. The summed E-state index contributed by atoms with van der Waals surface area (Å²) in [5.41, 5.74) is 2.14. The Morgan fingerprint density at radius 1 is 1.08 bits per heavy atom. The maximum absolute atomic E-state index is 14.0. The number of benzene rings is 3. The molecule has 198 valence electrons. The summed E-state index contributed by atoms with van der Waals surface area (Å²) in [4.78, 5) is 29.4.